The average Bonchev–Trinajstić information content (AvgIpc) is 3.39. The van der Waals surface area contributed by atoms with Crippen LogP contribution in [-0.2, 0) is 4.57 Å². The van der Waals surface area contributed by atoms with Gasteiger partial charge in [-0.05, 0) is 54.3 Å². The monoisotopic (exact) mass is 538 g/mol. The molecule has 0 unspecified atom stereocenters. The van der Waals surface area contributed by atoms with Crippen LogP contribution >= 0.6 is 7.14 Å². The van der Waals surface area contributed by atoms with Crippen molar-refractivity contribution < 1.29 is 27.0 Å². The van der Waals surface area contributed by atoms with Gasteiger partial charge in [0.05, 0.1) is 30.3 Å². The Hall–Kier alpha value is -3.51. The summed E-state index contributed by atoms with van der Waals surface area (Å²) in [4.78, 5) is 19.2. The van der Waals surface area contributed by atoms with Gasteiger partial charge in [-0.2, -0.15) is 8.78 Å². The molecule has 0 aliphatic carbocycles. The molecule has 0 saturated carbocycles. The van der Waals surface area contributed by atoms with Gasteiger partial charge in [0, 0.05) is 34.3 Å². The second-order valence-electron chi connectivity index (χ2n) is 10.3. The van der Waals surface area contributed by atoms with E-state index in [1.54, 1.807) is 13.3 Å². The summed E-state index contributed by atoms with van der Waals surface area (Å²) in [6.45, 7) is -0.410. The van der Waals surface area contributed by atoms with Crippen LogP contribution in [0.2, 0.25) is 0 Å². The van der Waals surface area contributed by atoms with Gasteiger partial charge in [0.1, 0.15) is 11.6 Å². The van der Waals surface area contributed by atoms with E-state index >= 15 is 0 Å². The fraction of sp³-hybridized carbons (Fsp3) is 0.310. The molecule has 9 heteroatoms. The first-order valence-electron chi connectivity index (χ1n) is 13.8. The summed E-state index contributed by atoms with van der Waals surface area (Å²) in [5, 5.41) is 0. The molecule has 4 aromatic rings. The maximum absolute atomic E-state index is 13.6. The maximum Gasteiger partial charge on any atom is 0.387 e. The number of hydrogen-bond acceptors (Lipinski definition) is 4. The fourth-order valence-corrected chi connectivity index (χ4v) is 6.49. The van der Waals surface area contributed by atoms with Gasteiger partial charge in [0.25, 0.3) is 5.91 Å². The SMILES string of the molecule is [2H]C([2H])([2H])N1C(=O)c2cccc(OC(F)F)c2[C@H]2C[C@@H]1c1nc3ccc(-c4ccc([C@@H](C)P(C)(C)=O)cc4)cc3n12. The number of carbonyl (C=O) groups is 1. The van der Waals surface area contributed by atoms with E-state index in [-0.39, 0.29) is 29.0 Å². The molecule has 0 spiro atoms. The number of amides is 1. The normalized spacial score (nSPS) is 20.9. The first-order chi connectivity index (χ1) is 19.3. The molecule has 196 valence electrons. The Morgan fingerprint density at radius 1 is 1.08 bits per heavy atom. The van der Waals surface area contributed by atoms with Gasteiger partial charge in [-0.25, -0.2) is 4.98 Å². The molecule has 3 heterocycles. The first-order valence-corrected chi connectivity index (χ1v) is 15.0. The lowest BCUT2D eigenvalue weighted by atomic mass is 9.97. The Balaban J connectivity index is 1.52. The van der Waals surface area contributed by atoms with E-state index in [2.05, 4.69) is 0 Å². The number of alkyl halides is 2. The third-order valence-corrected chi connectivity index (χ3v) is 9.97. The first kappa shape index (κ1) is 21.4. The highest BCUT2D eigenvalue weighted by atomic mass is 31.2. The Kier molecular flexibility index (Phi) is 4.95. The maximum atomic E-state index is 13.6. The van der Waals surface area contributed by atoms with Crippen molar-refractivity contribution in [1.29, 1.82) is 0 Å². The summed E-state index contributed by atoms with van der Waals surface area (Å²) in [5.41, 5.74) is 4.21. The number of benzene rings is 3. The fourth-order valence-electron chi connectivity index (χ4n) is 5.60. The number of imidazole rings is 1. The topological polar surface area (TPSA) is 64.4 Å². The van der Waals surface area contributed by atoms with Crippen molar-refractivity contribution >= 4 is 24.1 Å². The zero-order chi connectivity index (χ0) is 29.4. The van der Waals surface area contributed by atoms with Crippen molar-refractivity contribution in [3.63, 3.8) is 0 Å². The highest BCUT2D eigenvalue weighted by molar-refractivity contribution is 7.62. The molecule has 0 N–H and O–H groups in total. The lowest BCUT2D eigenvalue weighted by molar-refractivity contribution is -0.0507. The minimum atomic E-state index is -3.12. The summed E-state index contributed by atoms with van der Waals surface area (Å²) in [6, 6.07) is 16.2. The quantitative estimate of drug-likeness (QED) is 0.254. The summed E-state index contributed by atoms with van der Waals surface area (Å²) < 4.78 is 70.6. The van der Waals surface area contributed by atoms with Crippen LogP contribution in [0.15, 0.2) is 60.7 Å². The Morgan fingerprint density at radius 2 is 1.82 bits per heavy atom. The van der Waals surface area contributed by atoms with Crippen LogP contribution in [0, 0.1) is 0 Å². The third kappa shape index (κ3) is 3.85. The van der Waals surface area contributed by atoms with Gasteiger partial charge in [-0.1, -0.05) is 43.3 Å². The van der Waals surface area contributed by atoms with Crippen LogP contribution < -0.4 is 4.74 Å². The second-order valence-corrected chi connectivity index (χ2v) is 14.0. The summed E-state index contributed by atoms with van der Waals surface area (Å²) in [7, 11) is -2.31. The van der Waals surface area contributed by atoms with Crippen LogP contribution in [0.1, 0.15) is 62.5 Å². The molecule has 1 amide bonds. The van der Waals surface area contributed by atoms with Crippen LogP contribution in [-0.4, -0.2) is 47.3 Å². The van der Waals surface area contributed by atoms with E-state index in [1.165, 1.54) is 18.2 Å². The van der Waals surface area contributed by atoms with E-state index in [4.69, 9.17) is 13.8 Å². The number of ether oxygens (including phenoxy) is 1. The Labute approximate surface area is 223 Å². The molecule has 6 rings (SSSR count). The summed E-state index contributed by atoms with van der Waals surface area (Å²) in [6.07, 6.45) is 0.157. The molecule has 1 aromatic heterocycles. The lowest BCUT2D eigenvalue weighted by Gasteiger charge is -2.24. The van der Waals surface area contributed by atoms with Crippen molar-refractivity contribution in [3.05, 3.63) is 83.2 Å². The molecule has 0 saturated heterocycles. The number of hydrogen-bond donors (Lipinski definition) is 0. The van der Waals surface area contributed by atoms with Crippen LogP contribution in [0.4, 0.5) is 8.78 Å². The Bertz CT molecular complexity index is 1730. The third-order valence-electron chi connectivity index (χ3n) is 7.81. The van der Waals surface area contributed by atoms with Gasteiger partial charge < -0.3 is 18.8 Å². The molecular weight excluding hydrogens is 507 g/mol. The van der Waals surface area contributed by atoms with E-state index in [0.29, 0.717) is 16.9 Å². The molecular formula is C29H28F2N3O3P. The van der Waals surface area contributed by atoms with E-state index in [1.807, 2.05) is 54.0 Å². The van der Waals surface area contributed by atoms with Crippen molar-refractivity contribution in [2.75, 3.05) is 20.3 Å². The van der Waals surface area contributed by atoms with Gasteiger partial charge in [-0.3, -0.25) is 4.79 Å². The number of halogens is 2. The van der Waals surface area contributed by atoms with E-state index in [9.17, 15) is 18.1 Å². The minimum absolute atomic E-state index is 0.0178. The predicted molar refractivity (Wildman–Crippen MR) is 144 cm³/mol. The van der Waals surface area contributed by atoms with Crippen molar-refractivity contribution in [1.82, 2.24) is 14.5 Å². The molecule has 2 bridgehead atoms. The summed E-state index contributed by atoms with van der Waals surface area (Å²) in [5.74, 6) is -0.555. The molecule has 3 aromatic carbocycles. The summed E-state index contributed by atoms with van der Waals surface area (Å²) >= 11 is 0. The molecule has 2 aliphatic heterocycles. The van der Waals surface area contributed by atoms with Gasteiger partial charge in [0.2, 0.25) is 0 Å². The number of fused-ring (bicyclic) bond motifs is 9. The highest BCUT2D eigenvalue weighted by Gasteiger charge is 2.45. The number of carbonyl (C=O) groups excluding carboxylic acids is 1. The predicted octanol–water partition coefficient (Wildman–Crippen LogP) is 7.11. The minimum Gasteiger partial charge on any atom is -0.434 e. The Morgan fingerprint density at radius 3 is 2.50 bits per heavy atom. The molecule has 2 aliphatic rings. The largest absolute Gasteiger partial charge is 0.434 e. The zero-order valence-electron chi connectivity index (χ0n) is 24.1. The molecule has 38 heavy (non-hydrogen) atoms. The zero-order valence-corrected chi connectivity index (χ0v) is 22.0. The van der Waals surface area contributed by atoms with Crippen molar-refractivity contribution in [2.45, 2.75) is 37.7 Å². The van der Waals surface area contributed by atoms with Crippen LogP contribution in [0.3, 0.4) is 0 Å². The van der Waals surface area contributed by atoms with Crippen LogP contribution in [0.25, 0.3) is 22.2 Å². The van der Waals surface area contributed by atoms with Crippen LogP contribution in [0.5, 0.6) is 5.75 Å². The smallest absolute Gasteiger partial charge is 0.387 e. The van der Waals surface area contributed by atoms with E-state index < -0.39 is 38.7 Å². The van der Waals surface area contributed by atoms with Crippen molar-refractivity contribution in [3.8, 4) is 16.9 Å². The highest BCUT2D eigenvalue weighted by Crippen LogP contribution is 2.53. The van der Waals surface area contributed by atoms with Gasteiger partial charge in [0.15, 0.2) is 0 Å². The molecule has 6 nitrogen and oxygen atoms in total. The molecule has 0 fully saturated rings. The van der Waals surface area contributed by atoms with Gasteiger partial charge in [-0.15, -0.1) is 0 Å². The number of aromatic nitrogens is 2. The van der Waals surface area contributed by atoms with Gasteiger partial charge >= 0.3 is 6.61 Å². The average molecular weight is 539 g/mol. The number of rotatable bonds is 5. The lowest BCUT2D eigenvalue weighted by Crippen LogP contribution is -2.30. The molecule has 3 atom stereocenters. The number of nitrogens with zero attached hydrogens (tertiary/aromatic N) is 3. The second kappa shape index (κ2) is 8.77. The van der Waals surface area contributed by atoms with E-state index in [0.717, 1.165) is 21.6 Å². The molecule has 0 radical (unpaired) electrons. The standard InChI is InChI=1S/C29H28F2N3O3P/c1-16(38(3,4)36)17-8-10-18(11-9-17)19-12-13-21-22(14-19)34-23-15-24(27(34)32-21)33(2)28(35)20-6-5-7-25(26(20)23)37-29(30)31/h5-14,16,23-24,29H,15H2,1-4H3/t16-,23-,24-/m1/s1/i2D3. The van der Waals surface area contributed by atoms with Crippen molar-refractivity contribution in [2.24, 2.45) is 0 Å².